The summed E-state index contributed by atoms with van der Waals surface area (Å²) in [4.78, 5) is 14.0. The van der Waals surface area contributed by atoms with Crippen LogP contribution in [0.2, 0.25) is 0 Å². The Morgan fingerprint density at radius 3 is 2.50 bits per heavy atom. The van der Waals surface area contributed by atoms with Gasteiger partial charge in [0.1, 0.15) is 11.3 Å². The van der Waals surface area contributed by atoms with Gasteiger partial charge in [-0.2, -0.15) is 5.26 Å². The van der Waals surface area contributed by atoms with Crippen molar-refractivity contribution < 1.29 is 9.53 Å². The monoisotopic (exact) mass is 401 g/mol. The third-order valence-corrected chi connectivity index (χ3v) is 5.38. The summed E-state index contributed by atoms with van der Waals surface area (Å²) >= 11 is 1.34. The maximum absolute atomic E-state index is 12.5. The molecule has 0 atom stereocenters. The van der Waals surface area contributed by atoms with Crippen molar-refractivity contribution in [2.24, 2.45) is 5.92 Å². The van der Waals surface area contributed by atoms with Gasteiger partial charge in [0.05, 0.1) is 18.9 Å². The van der Waals surface area contributed by atoms with Crippen molar-refractivity contribution in [1.29, 1.82) is 5.26 Å². The first-order chi connectivity index (χ1) is 13.2. The zero-order valence-corrected chi connectivity index (χ0v) is 18.1. The molecule has 150 valence electrons. The standard InChI is InChI=1S/C20H27N5O2S/c1-14(2)11-25-18(15-7-9-16(27-6)10-8-15)22-23-19(25)28-12-17(26)24(5)20(3,4)13-21/h7-10,14H,11-12H2,1-6H3. The molecule has 8 heteroatoms. The first-order valence-corrected chi connectivity index (χ1v) is 10.1. The fraction of sp³-hybridized carbons (Fsp3) is 0.500. The number of methoxy groups -OCH3 is 1. The van der Waals surface area contributed by atoms with Crippen molar-refractivity contribution in [1.82, 2.24) is 19.7 Å². The molecule has 0 bridgehead atoms. The molecule has 28 heavy (non-hydrogen) atoms. The van der Waals surface area contributed by atoms with Gasteiger partial charge >= 0.3 is 0 Å². The quantitative estimate of drug-likeness (QED) is 0.630. The summed E-state index contributed by atoms with van der Waals surface area (Å²) in [5, 5.41) is 18.6. The Kier molecular flexibility index (Phi) is 7.08. The molecule has 0 fully saturated rings. The van der Waals surface area contributed by atoms with Crippen molar-refractivity contribution in [3.8, 4) is 23.2 Å². The molecule has 0 aliphatic heterocycles. The van der Waals surface area contributed by atoms with Crippen molar-refractivity contribution in [2.45, 2.75) is 44.9 Å². The van der Waals surface area contributed by atoms with Gasteiger partial charge in [-0.25, -0.2) is 0 Å². The maximum Gasteiger partial charge on any atom is 0.234 e. The number of ether oxygens (including phenoxy) is 1. The van der Waals surface area contributed by atoms with Crippen LogP contribution < -0.4 is 4.74 Å². The van der Waals surface area contributed by atoms with Gasteiger partial charge in [-0.15, -0.1) is 10.2 Å². The predicted molar refractivity (Wildman–Crippen MR) is 110 cm³/mol. The zero-order chi connectivity index (χ0) is 20.9. The van der Waals surface area contributed by atoms with E-state index in [1.165, 1.54) is 16.7 Å². The van der Waals surface area contributed by atoms with E-state index in [1.54, 1.807) is 28.0 Å². The van der Waals surface area contributed by atoms with Crippen LogP contribution in [0.3, 0.4) is 0 Å². The average Bonchev–Trinajstić information content (AvgIpc) is 3.07. The lowest BCUT2D eigenvalue weighted by Crippen LogP contribution is -2.44. The van der Waals surface area contributed by atoms with Gasteiger partial charge in [-0.1, -0.05) is 25.6 Å². The van der Waals surface area contributed by atoms with Gasteiger partial charge < -0.3 is 14.2 Å². The minimum absolute atomic E-state index is 0.123. The second-order valence-corrected chi connectivity index (χ2v) is 8.39. The molecule has 1 amide bonds. The molecule has 0 aliphatic carbocycles. The van der Waals surface area contributed by atoms with Crippen LogP contribution in [0.5, 0.6) is 5.75 Å². The number of aromatic nitrogens is 3. The van der Waals surface area contributed by atoms with Crippen LogP contribution in [0.1, 0.15) is 27.7 Å². The van der Waals surface area contributed by atoms with Crippen LogP contribution in [0.15, 0.2) is 29.4 Å². The number of carbonyl (C=O) groups excluding carboxylic acids is 1. The van der Waals surface area contributed by atoms with Crippen LogP contribution in [0, 0.1) is 17.2 Å². The third-order valence-electron chi connectivity index (χ3n) is 4.42. The lowest BCUT2D eigenvalue weighted by molar-refractivity contribution is -0.130. The van der Waals surface area contributed by atoms with Gasteiger partial charge in [0.25, 0.3) is 0 Å². The molecular formula is C20H27N5O2S. The summed E-state index contributed by atoms with van der Waals surface area (Å²) in [6.07, 6.45) is 0. The Hall–Kier alpha value is -2.53. The van der Waals surface area contributed by atoms with Crippen LogP contribution in [-0.2, 0) is 11.3 Å². The Bertz CT molecular complexity index is 852. The highest BCUT2D eigenvalue weighted by atomic mass is 32.2. The number of nitriles is 1. The van der Waals surface area contributed by atoms with Crippen molar-refractivity contribution in [3.05, 3.63) is 24.3 Å². The minimum atomic E-state index is -0.850. The van der Waals surface area contributed by atoms with Gasteiger partial charge in [0.15, 0.2) is 11.0 Å². The number of rotatable bonds is 8. The van der Waals surface area contributed by atoms with E-state index in [2.05, 4.69) is 30.1 Å². The van der Waals surface area contributed by atoms with Gasteiger partial charge in [0.2, 0.25) is 5.91 Å². The minimum Gasteiger partial charge on any atom is -0.497 e. The van der Waals surface area contributed by atoms with Crippen LogP contribution in [0.25, 0.3) is 11.4 Å². The molecule has 0 N–H and O–H groups in total. The molecule has 0 unspecified atom stereocenters. The normalized spacial score (nSPS) is 11.4. The molecule has 0 saturated heterocycles. The molecule has 1 aromatic carbocycles. The second-order valence-electron chi connectivity index (χ2n) is 7.45. The van der Waals surface area contributed by atoms with E-state index in [9.17, 15) is 10.1 Å². The molecule has 7 nitrogen and oxygen atoms in total. The highest BCUT2D eigenvalue weighted by Gasteiger charge is 2.27. The van der Waals surface area contributed by atoms with E-state index in [-0.39, 0.29) is 11.7 Å². The molecule has 0 spiro atoms. The van der Waals surface area contributed by atoms with Crippen molar-refractivity contribution in [2.75, 3.05) is 19.9 Å². The smallest absolute Gasteiger partial charge is 0.234 e. The summed E-state index contributed by atoms with van der Waals surface area (Å²) < 4.78 is 7.26. The molecule has 2 rings (SSSR count). The van der Waals surface area contributed by atoms with Crippen molar-refractivity contribution in [3.63, 3.8) is 0 Å². The van der Waals surface area contributed by atoms with Crippen LogP contribution in [0.4, 0.5) is 0 Å². The Morgan fingerprint density at radius 1 is 1.32 bits per heavy atom. The topological polar surface area (TPSA) is 84.0 Å². The van der Waals surface area contributed by atoms with E-state index in [0.29, 0.717) is 11.1 Å². The number of benzene rings is 1. The summed E-state index contributed by atoms with van der Waals surface area (Å²) in [7, 11) is 3.28. The molecule has 1 aromatic heterocycles. The van der Waals surface area contributed by atoms with E-state index in [0.717, 1.165) is 23.7 Å². The van der Waals surface area contributed by atoms with Crippen LogP contribution >= 0.6 is 11.8 Å². The molecular weight excluding hydrogens is 374 g/mol. The van der Waals surface area contributed by atoms with E-state index >= 15 is 0 Å². The first-order valence-electron chi connectivity index (χ1n) is 9.08. The fourth-order valence-electron chi connectivity index (χ4n) is 2.49. The molecule has 2 aromatic rings. The number of carbonyl (C=O) groups is 1. The largest absolute Gasteiger partial charge is 0.497 e. The van der Waals surface area contributed by atoms with E-state index < -0.39 is 5.54 Å². The summed E-state index contributed by atoms with van der Waals surface area (Å²) in [5.74, 6) is 2.00. The van der Waals surface area contributed by atoms with Gasteiger partial charge in [-0.3, -0.25) is 4.79 Å². The van der Waals surface area contributed by atoms with Crippen LogP contribution in [-0.4, -0.2) is 51.0 Å². The van der Waals surface area contributed by atoms with Gasteiger partial charge in [0, 0.05) is 19.2 Å². The van der Waals surface area contributed by atoms with Gasteiger partial charge in [-0.05, 0) is 44.0 Å². The van der Waals surface area contributed by atoms with E-state index in [1.807, 2.05) is 28.8 Å². The number of hydrogen-bond acceptors (Lipinski definition) is 6. The first kappa shape index (κ1) is 21.8. The number of thioether (sulfide) groups is 1. The average molecular weight is 402 g/mol. The Labute approximate surface area is 170 Å². The lowest BCUT2D eigenvalue weighted by Gasteiger charge is -2.28. The lowest BCUT2D eigenvalue weighted by atomic mass is 10.1. The van der Waals surface area contributed by atoms with Crippen molar-refractivity contribution >= 4 is 17.7 Å². The Balaban J connectivity index is 2.24. The van der Waals surface area contributed by atoms with E-state index in [4.69, 9.17) is 4.74 Å². The number of nitrogens with zero attached hydrogens (tertiary/aromatic N) is 5. The number of amides is 1. The third kappa shape index (κ3) is 5.04. The zero-order valence-electron chi connectivity index (χ0n) is 17.3. The highest BCUT2D eigenvalue weighted by Crippen LogP contribution is 2.27. The molecule has 0 aliphatic rings. The predicted octanol–water partition coefficient (Wildman–Crippen LogP) is 3.46. The molecule has 0 saturated carbocycles. The summed E-state index contributed by atoms with van der Waals surface area (Å²) in [6, 6.07) is 9.81. The fourth-order valence-corrected chi connectivity index (χ4v) is 3.35. The Morgan fingerprint density at radius 2 is 1.96 bits per heavy atom. The summed E-state index contributed by atoms with van der Waals surface area (Å²) in [6.45, 7) is 8.43. The number of hydrogen-bond donors (Lipinski definition) is 0. The highest BCUT2D eigenvalue weighted by molar-refractivity contribution is 7.99. The SMILES string of the molecule is COc1ccc(-c2nnc(SCC(=O)N(C)C(C)(C)C#N)n2CC(C)C)cc1. The molecule has 1 heterocycles. The maximum atomic E-state index is 12.5. The second kappa shape index (κ2) is 9.11. The molecule has 0 radical (unpaired) electrons. The summed E-state index contributed by atoms with van der Waals surface area (Å²) in [5.41, 5.74) is 0.0900.